The van der Waals surface area contributed by atoms with Gasteiger partial charge in [-0.05, 0) is 35.9 Å². The Hall–Kier alpha value is -2.09. The van der Waals surface area contributed by atoms with E-state index < -0.39 is 10.0 Å². The zero-order valence-electron chi connectivity index (χ0n) is 15.1. The fourth-order valence-corrected chi connectivity index (χ4v) is 3.45. The Morgan fingerprint density at radius 3 is 2.23 bits per heavy atom. The van der Waals surface area contributed by atoms with Crippen molar-refractivity contribution >= 4 is 27.5 Å². The van der Waals surface area contributed by atoms with E-state index in [2.05, 4.69) is 0 Å². The SMILES string of the molecule is COc1ccc(CN(C)C(=O)c2cc(S(=O)(=O)N(C)C)ccc2Cl)cc1. The molecule has 0 aliphatic heterocycles. The van der Waals surface area contributed by atoms with Crippen LogP contribution in [0.5, 0.6) is 5.75 Å². The maximum Gasteiger partial charge on any atom is 0.255 e. The number of methoxy groups -OCH3 is 1. The van der Waals surface area contributed by atoms with E-state index in [0.29, 0.717) is 6.54 Å². The first-order valence-electron chi connectivity index (χ1n) is 7.77. The van der Waals surface area contributed by atoms with Gasteiger partial charge >= 0.3 is 0 Å². The second kappa shape index (κ2) is 8.07. The van der Waals surface area contributed by atoms with Gasteiger partial charge in [0.25, 0.3) is 5.91 Å². The van der Waals surface area contributed by atoms with Crippen LogP contribution in [-0.4, -0.2) is 51.8 Å². The number of rotatable bonds is 6. The van der Waals surface area contributed by atoms with Crippen LogP contribution in [0, 0.1) is 0 Å². The van der Waals surface area contributed by atoms with Gasteiger partial charge in [0.2, 0.25) is 10.0 Å². The Balaban J connectivity index is 2.27. The molecule has 0 atom stereocenters. The lowest BCUT2D eigenvalue weighted by atomic mass is 10.1. The molecule has 0 aliphatic carbocycles. The minimum Gasteiger partial charge on any atom is -0.497 e. The average molecular weight is 397 g/mol. The normalized spacial score (nSPS) is 11.5. The summed E-state index contributed by atoms with van der Waals surface area (Å²) in [6.07, 6.45) is 0. The van der Waals surface area contributed by atoms with Crippen LogP contribution >= 0.6 is 11.6 Å². The highest BCUT2D eigenvalue weighted by atomic mass is 35.5. The largest absolute Gasteiger partial charge is 0.497 e. The van der Waals surface area contributed by atoms with Gasteiger partial charge < -0.3 is 9.64 Å². The second-order valence-electron chi connectivity index (χ2n) is 5.94. The van der Waals surface area contributed by atoms with Crippen LogP contribution in [0.1, 0.15) is 15.9 Å². The van der Waals surface area contributed by atoms with E-state index in [0.717, 1.165) is 15.6 Å². The molecule has 0 radical (unpaired) electrons. The number of benzene rings is 2. The summed E-state index contributed by atoms with van der Waals surface area (Å²) < 4.78 is 30.8. The first-order chi connectivity index (χ1) is 12.2. The zero-order valence-corrected chi connectivity index (χ0v) is 16.6. The smallest absolute Gasteiger partial charge is 0.255 e. The van der Waals surface area contributed by atoms with Crippen LogP contribution in [0.15, 0.2) is 47.4 Å². The number of carbonyl (C=O) groups excluding carboxylic acids is 1. The lowest BCUT2D eigenvalue weighted by molar-refractivity contribution is 0.0785. The molecule has 0 aliphatic rings. The van der Waals surface area contributed by atoms with Crippen LogP contribution in [0.3, 0.4) is 0 Å². The molecule has 2 aromatic carbocycles. The van der Waals surface area contributed by atoms with Gasteiger partial charge in [-0.2, -0.15) is 0 Å². The van der Waals surface area contributed by atoms with E-state index >= 15 is 0 Å². The van der Waals surface area contributed by atoms with Crippen LogP contribution in [-0.2, 0) is 16.6 Å². The molecule has 0 fully saturated rings. The molecule has 0 heterocycles. The van der Waals surface area contributed by atoms with Crippen molar-refractivity contribution in [3.8, 4) is 5.75 Å². The van der Waals surface area contributed by atoms with Crippen LogP contribution in [0.2, 0.25) is 5.02 Å². The first kappa shape index (κ1) is 20.2. The van der Waals surface area contributed by atoms with Crippen LogP contribution in [0.4, 0.5) is 0 Å². The standard InChI is InChI=1S/C18H21ClN2O4S/c1-20(2)26(23,24)15-9-10-17(19)16(11-15)18(22)21(3)12-13-5-7-14(25-4)8-6-13/h5-11H,12H2,1-4H3. The zero-order chi connectivity index (χ0) is 19.5. The van der Waals surface area contributed by atoms with Crippen molar-refractivity contribution in [2.24, 2.45) is 0 Å². The van der Waals surface area contributed by atoms with Crippen LogP contribution in [0.25, 0.3) is 0 Å². The Labute approximate surface area is 159 Å². The van der Waals surface area contributed by atoms with E-state index in [4.69, 9.17) is 16.3 Å². The van der Waals surface area contributed by atoms with Crippen molar-refractivity contribution in [2.75, 3.05) is 28.3 Å². The number of hydrogen-bond acceptors (Lipinski definition) is 4. The lowest BCUT2D eigenvalue weighted by Crippen LogP contribution is -2.27. The van der Waals surface area contributed by atoms with Crippen LogP contribution < -0.4 is 4.74 Å². The molecule has 0 bridgehead atoms. The third-order valence-electron chi connectivity index (χ3n) is 3.87. The Kier molecular flexibility index (Phi) is 6.28. The molecular weight excluding hydrogens is 376 g/mol. The summed E-state index contributed by atoms with van der Waals surface area (Å²) in [6, 6.07) is 11.5. The molecule has 26 heavy (non-hydrogen) atoms. The fourth-order valence-electron chi connectivity index (χ4n) is 2.32. The first-order valence-corrected chi connectivity index (χ1v) is 9.59. The van der Waals surface area contributed by atoms with Crippen molar-refractivity contribution in [2.45, 2.75) is 11.4 Å². The number of halogens is 1. The van der Waals surface area contributed by atoms with Crippen molar-refractivity contribution in [3.63, 3.8) is 0 Å². The number of ether oxygens (including phenoxy) is 1. The van der Waals surface area contributed by atoms with Gasteiger partial charge in [0.15, 0.2) is 0 Å². The van der Waals surface area contributed by atoms with Gasteiger partial charge in [-0.1, -0.05) is 23.7 Å². The Bertz CT molecular complexity index is 896. The second-order valence-corrected chi connectivity index (χ2v) is 8.50. The lowest BCUT2D eigenvalue weighted by Gasteiger charge is -2.19. The predicted molar refractivity (Wildman–Crippen MR) is 101 cm³/mol. The molecule has 8 heteroatoms. The minimum atomic E-state index is -3.65. The summed E-state index contributed by atoms with van der Waals surface area (Å²) in [7, 11) is 2.43. The van der Waals surface area contributed by atoms with Gasteiger partial charge in [0.05, 0.1) is 22.6 Å². The maximum absolute atomic E-state index is 12.8. The van der Waals surface area contributed by atoms with Crippen molar-refractivity contribution in [1.29, 1.82) is 0 Å². The summed E-state index contributed by atoms with van der Waals surface area (Å²) in [5.74, 6) is 0.369. The van der Waals surface area contributed by atoms with Crippen molar-refractivity contribution in [3.05, 3.63) is 58.6 Å². The molecule has 2 aromatic rings. The van der Waals surface area contributed by atoms with E-state index in [1.165, 1.54) is 37.2 Å². The third-order valence-corrected chi connectivity index (χ3v) is 6.01. The quantitative estimate of drug-likeness (QED) is 0.753. The molecule has 0 saturated carbocycles. The number of amides is 1. The van der Waals surface area contributed by atoms with E-state index in [9.17, 15) is 13.2 Å². The molecule has 2 rings (SSSR count). The summed E-state index contributed by atoms with van der Waals surface area (Å²) >= 11 is 6.13. The topological polar surface area (TPSA) is 66.9 Å². The molecule has 1 amide bonds. The fraction of sp³-hybridized carbons (Fsp3) is 0.278. The monoisotopic (exact) mass is 396 g/mol. The molecule has 140 valence electrons. The highest BCUT2D eigenvalue weighted by Gasteiger charge is 2.22. The molecule has 0 N–H and O–H groups in total. The molecular formula is C18H21ClN2O4S. The number of hydrogen-bond donors (Lipinski definition) is 0. The number of nitrogens with zero attached hydrogens (tertiary/aromatic N) is 2. The average Bonchev–Trinajstić information content (AvgIpc) is 2.61. The van der Waals surface area contributed by atoms with Gasteiger partial charge in [-0.25, -0.2) is 12.7 Å². The van der Waals surface area contributed by atoms with E-state index in [1.54, 1.807) is 14.2 Å². The number of sulfonamides is 1. The highest BCUT2D eigenvalue weighted by Crippen LogP contribution is 2.24. The van der Waals surface area contributed by atoms with Gasteiger partial charge in [-0.15, -0.1) is 0 Å². The van der Waals surface area contributed by atoms with E-state index in [-0.39, 0.29) is 21.4 Å². The highest BCUT2D eigenvalue weighted by molar-refractivity contribution is 7.89. The van der Waals surface area contributed by atoms with Crippen molar-refractivity contribution in [1.82, 2.24) is 9.21 Å². The summed E-state index contributed by atoms with van der Waals surface area (Å²) in [5, 5.41) is 0.203. The van der Waals surface area contributed by atoms with Crippen molar-refractivity contribution < 1.29 is 17.9 Å². The summed E-state index contributed by atoms with van der Waals surface area (Å²) in [5.41, 5.74) is 1.06. The number of carbonyl (C=O) groups is 1. The molecule has 0 aromatic heterocycles. The molecule has 0 unspecified atom stereocenters. The Morgan fingerprint density at radius 1 is 1.08 bits per heavy atom. The van der Waals surface area contributed by atoms with Gasteiger partial charge in [0.1, 0.15) is 5.75 Å². The van der Waals surface area contributed by atoms with E-state index in [1.807, 2.05) is 24.3 Å². The van der Waals surface area contributed by atoms with Gasteiger partial charge in [-0.3, -0.25) is 4.79 Å². The molecule has 6 nitrogen and oxygen atoms in total. The maximum atomic E-state index is 12.8. The van der Waals surface area contributed by atoms with Gasteiger partial charge in [0, 0.05) is 27.7 Å². The summed E-state index contributed by atoms with van der Waals surface area (Å²) in [4.78, 5) is 14.3. The summed E-state index contributed by atoms with van der Waals surface area (Å²) in [6.45, 7) is 0.351. The predicted octanol–water partition coefficient (Wildman–Crippen LogP) is 2.87. The molecule has 0 spiro atoms. The third kappa shape index (κ3) is 4.35. The molecule has 0 saturated heterocycles. The minimum absolute atomic E-state index is 0.0214. The Morgan fingerprint density at radius 2 is 1.69 bits per heavy atom.